The van der Waals surface area contributed by atoms with E-state index in [1.165, 1.54) is 31.2 Å². The number of nitro groups is 4. The second kappa shape index (κ2) is 41.3. The molecule has 8 aromatic rings. The van der Waals surface area contributed by atoms with E-state index >= 15 is 0 Å². The molecule has 572 valence electrons. The molecule has 1 aromatic carbocycles. The standard InChI is InChI=1S/C18H23BrN6O2.C17H22BrN7O2.C17H22ClN7O2.C16H23N7O3/c19-14-3-1-2-13(8-14)10-22-18-23-11-16(25(26)27)17(24-18)21-9-12-4-6-15(20)7-5-12;18-13-5-12(6-20-9-13)8-22-17-23-10-15(25(26)27)16(24-17)21-7-11-1-3-14(19)4-2-11;18-12-3-6-14(20-8-12)9-22-17-23-10-15(25(26)27)16(24-17)21-7-11-1-4-13(19)5-2-11;1-10-13(21-9-26-10)7-19-16-20-8-14(23(24)25)15(22-16)18-6-11-2-4-12(17)5-3-11/h1-3,8,11-12,15H,4-7,9-10,20H2,(H2,21,22,23,24);5-6,9-11,14H,1-4,7-8,19H2,(H2,21,22,23,24);3,6,8,10-11,13H,1-2,4-5,7,9,19H2,(H2,21,22,23,24);8-9,11-12H,2-7,17H2,1H3,(H2,18,19,20,22). The van der Waals surface area contributed by atoms with Gasteiger partial charge in [-0.2, -0.15) is 19.9 Å². The van der Waals surface area contributed by atoms with Crippen LogP contribution in [0.1, 0.15) is 131 Å². The highest BCUT2D eigenvalue weighted by Crippen LogP contribution is 2.32. The van der Waals surface area contributed by atoms with Gasteiger partial charge in [-0.3, -0.25) is 50.4 Å². The van der Waals surface area contributed by atoms with Gasteiger partial charge in [0.25, 0.3) is 0 Å². The van der Waals surface area contributed by atoms with Gasteiger partial charge >= 0.3 is 22.7 Å². The van der Waals surface area contributed by atoms with Crippen molar-refractivity contribution in [2.75, 3.05) is 68.7 Å². The molecule has 16 N–H and O–H groups in total. The van der Waals surface area contributed by atoms with Crippen LogP contribution in [-0.2, 0) is 26.2 Å². The topological polar surface area (TPSA) is 528 Å². The highest BCUT2D eigenvalue weighted by Gasteiger charge is 2.27. The van der Waals surface area contributed by atoms with Crippen molar-refractivity contribution in [3.63, 3.8) is 0 Å². The van der Waals surface area contributed by atoms with Crippen molar-refractivity contribution >= 4 is 113 Å². The largest absolute Gasteiger partial charge is 0.448 e. The van der Waals surface area contributed by atoms with Crippen LogP contribution in [0.4, 0.5) is 69.8 Å². The number of nitrogens with zero attached hydrogens (tertiary/aromatic N) is 15. The maximum atomic E-state index is 11.3. The summed E-state index contributed by atoms with van der Waals surface area (Å²) in [5.74, 6) is 4.69. The molecule has 7 aromatic heterocycles. The van der Waals surface area contributed by atoms with E-state index in [0.29, 0.717) is 111 Å². The molecule has 0 bridgehead atoms. The summed E-state index contributed by atoms with van der Waals surface area (Å²) in [5.41, 5.74) is 26.7. The molecule has 12 rings (SSSR count). The number of aromatic nitrogens is 11. The third kappa shape index (κ3) is 26.8. The molecular formula is C68H90Br2ClN27O9. The lowest BCUT2D eigenvalue weighted by molar-refractivity contribution is -0.384. The fourth-order valence-electron chi connectivity index (χ4n) is 12.3. The minimum Gasteiger partial charge on any atom is -0.448 e. The van der Waals surface area contributed by atoms with Gasteiger partial charge in [-0.1, -0.05) is 39.7 Å². The number of pyridine rings is 2. The predicted octanol–water partition coefficient (Wildman–Crippen LogP) is 12.0. The molecule has 4 saturated carbocycles. The Hall–Kier alpha value is -9.86. The van der Waals surface area contributed by atoms with Gasteiger partial charge in [0, 0.05) is 91.0 Å². The molecule has 0 atom stereocenters. The van der Waals surface area contributed by atoms with E-state index in [0.717, 1.165) is 134 Å². The number of halogens is 3. The minimum absolute atomic E-state index is 0.115. The first kappa shape index (κ1) is 81.2. The van der Waals surface area contributed by atoms with E-state index in [9.17, 15) is 40.5 Å². The van der Waals surface area contributed by atoms with E-state index in [1.807, 2.05) is 37.3 Å². The molecule has 0 radical (unpaired) electrons. The molecule has 0 spiro atoms. The Kier molecular flexibility index (Phi) is 31.4. The summed E-state index contributed by atoms with van der Waals surface area (Å²) in [6.45, 7) is 6.10. The minimum atomic E-state index is -0.482. The van der Waals surface area contributed by atoms with Crippen LogP contribution in [0.5, 0.6) is 0 Å². The van der Waals surface area contributed by atoms with Crippen LogP contribution in [-0.4, -0.2) is 125 Å². The van der Waals surface area contributed by atoms with Gasteiger partial charge in [0.15, 0.2) is 6.39 Å². The molecule has 4 fully saturated rings. The van der Waals surface area contributed by atoms with E-state index in [4.69, 9.17) is 39.0 Å². The number of hydrogen-bond donors (Lipinski definition) is 12. The van der Waals surface area contributed by atoms with E-state index < -0.39 is 19.7 Å². The summed E-state index contributed by atoms with van der Waals surface area (Å²) in [4.78, 5) is 88.9. The number of aryl methyl sites for hydroxylation is 1. The van der Waals surface area contributed by atoms with Crippen LogP contribution in [0.15, 0.2) is 106 Å². The summed E-state index contributed by atoms with van der Waals surface area (Å²) in [6, 6.07) is 14.4. The second-order valence-corrected chi connectivity index (χ2v) is 29.0. The van der Waals surface area contributed by atoms with Gasteiger partial charge in [0.05, 0.1) is 43.5 Å². The van der Waals surface area contributed by atoms with Gasteiger partial charge in [-0.05, 0) is 191 Å². The molecule has 7 heterocycles. The average molecular weight is 1620 g/mol. The Balaban J connectivity index is 0.000000165. The van der Waals surface area contributed by atoms with Crippen molar-refractivity contribution in [3.05, 3.63) is 175 Å². The molecular weight excluding hydrogens is 1530 g/mol. The third-order valence-electron chi connectivity index (χ3n) is 18.7. The van der Waals surface area contributed by atoms with Crippen LogP contribution >= 0.6 is 43.5 Å². The molecule has 4 aliphatic carbocycles. The average Bonchev–Trinajstić information content (AvgIpc) is 1.68. The van der Waals surface area contributed by atoms with Gasteiger partial charge in [-0.25, -0.2) is 24.9 Å². The lowest BCUT2D eigenvalue weighted by Gasteiger charge is -2.26. The Morgan fingerprint density at radius 2 is 0.794 bits per heavy atom. The van der Waals surface area contributed by atoms with Crippen molar-refractivity contribution in [3.8, 4) is 0 Å². The van der Waals surface area contributed by atoms with Gasteiger partial charge < -0.3 is 69.9 Å². The summed E-state index contributed by atoms with van der Waals surface area (Å²) >= 11 is 12.6. The van der Waals surface area contributed by atoms with Crippen molar-refractivity contribution < 1.29 is 24.1 Å². The molecule has 4 aliphatic rings. The van der Waals surface area contributed by atoms with Crippen molar-refractivity contribution in [2.24, 2.45) is 46.6 Å². The Morgan fingerprint density at radius 3 is 1.13 bits per heavy atom. The Bertz CT molecular complexity index is 4050. The number of nitrogens with two attached hydrogens (primary N) is 4. The number of oxazole rings is 1. The Labute approximate surface area is 638 Å². The molecule has 0 aliphatic heterocycles. The number of rotatable bonds is 28. The second-order valence-electron chi connectivity index (χ2n) is 26.8. The summed E-state index contributed by atoms with van der Waals surface area (Å²) in [7, 11) is 0. The highest BCUT2D eigenvalue weighted by atomic mass is 79.9. The first-order chi connectivity index (χ1) is 51.5. The van der Waals surface area contributed by atoms with E-state index in [2.05, 4.69) is 129 Å². The summed E-state index contributed by atoms with van der Waals surface area (Å²) in [5, 5.41) is 70.4. The molecule has 0 saturated heterocycles. The third-order valence-corrected chi connectivity index (χ3v) is 19.8. The van der Waals surface area contributed by atoms with E-state index in [-0.39, 0.29) is 70.2 Å². The van der Waals surface area contributed by atoms with Crippen LogP contribution in [0.25, 0.3) is 0 Å². The zero-order valence-corrected chi connectivity index (χ0v) is 63.0. The van der Waals surface area contributed by atoms with Gasteiger partial charge in [-0.15, -0.1) is 0 Å². The quantitative estimate of drug-likeness (QED) is 0.0160. The molecule has 36 nitrogen and oxygen atoms in total. The normalized spacial score (nSPS) is 19.6. The summed E-state index contributed by atoms with van der Waals surface area (Å²) in [6.07, 6.45) is 27.3. The van der Waals surface area contributed by atoms with Crippen molar-refractivity contribution in [1.29, 1.82) is 0 Å². The van der Waals surface area contributed by atoms with Crippen LogP contribution in [0.2, 0.25) is 5.02 Å². The van der Waals surface area contributed by atoms with Gasteiger partial charge in [0.2, 0.25) is 47.1 Å². The number of hydrogen-bond acceptors (Lipinski definition) is 32. The zero-order chi connectivity index (χ0) is 76.2. The van der Waals surface area contributed by atoms with Crippen molar-refractivity contribution in [1.82, 2.24) is 54.8 Å². The van der Waals surface area contributed by atoms with Crippen LogP contribution in [0, 0.1) is 71.1 Å². The van der Waals surface area contributed by atoms with Crippen molar-refractivity contribution in [2.45, 2.75) is 160 Å². The molecule has 0 unspecified atom stereocenters. The lowest BCUT2D eigenvalue weighted by Crippen LogP contribution is -2.29. The van der Waals surface area contributed by atoms with Crippen LogP contribution in [0.3, 0.4) is 0 Å². The van der Waals surface area contributed by atoms with Gasteiger partial charge in [0.1, 0.15) is 36.2 Å². The fourth-order valence-corrected chi connectivity index (χ4v) is 13.3. The predicted molar refractivity (Wildman–Crippen MR) is 414 cm³/mol. The molecule has 0 amide bonds. The SMILES string of the molecule is Cc1ocnc1CNc1ncc([N+](=O)[O-])c(NCC2CCC(N)CC2)n1.NC1CCC(CNc2nc(NCc3ccc(Cl)cn3)ncc2[N+](=O)[O-])CC1.NC1CCC(CNc2nc(NCc3cccc(Br)c3)ncc2[N+](=O)[O-])CC1.NC1CCC(CNc2nc(NCc3cncc(Br)c3)ncc2[N+](=O)[O-])CC1. The monoisotopic (exact) mass is 1620 g/mol. The van der Waals surface area contributed by atoms with E-state index in [1.54, 1.807) is 30.7 Å². The lowest BCUT2D eigenvalue weighted by atomic mass is 9.86. The zero-order valence-electron chi connectivity index (χ0n) is 59.1. The number of benzene rings is 1. The highest BCUT2D eigenvalue weighted by molar-refractivity contribution is 9.10. The maximum absolute atomic E-state index is 11.3. The summed E-state index contributed by atoms with van der Waals surface area (Å²) < 4.78 is 7.00. The smallest absolute Gasteiger partial charge is 0.329 e. The first-order valence-electron chi connectivity index (χ1n) is 35.4. The molecule has 107 heavy (non-hydrogen) atoms. The number of nitrogens with one attached hydrogen (secondary N) is 8. The Morgan fingerprint density at radius 1 is 0.430 bits per heavy atom. The van der Waals surface area contributed by atoms with Crippen LogP contribution < -0.4 is 65.5 Å². The molecule has 39 heteroatoms. The number of anilines is 8. The maximum Gasteiger partial charge on any atom is 0.329 e. The first-order valence-corrected chi connectivity index (χ1v) is 37.3. The fraction of sp³-hybridized carbons (Fsp3) is 0.485.